The molecule has 0 saturated heterocycles. The molecule has 3 aliphatic carbocycles. The molecule has 1 aromatic carbocycles. The average Bonchev–Trinajstić information content (AvgIpc) is 3.41. The van der Waals surface area contributed by atoms with Gasteiger partial charge in [-0.25, -0.2) is 4.98 Å². The molecular weight excluding hydrogens is 416 g/mol. The number of rotatable bonds is 6. The van der Waals surface area contributed by atoms with Crippen molar-refractivity contribution >= 4 is 40.0 Å². The third-order valence-electron chi connectivity index (χ3n) is 7.33. The Morgan fingerprint density at radius 1 is 1.06 bits per heavy atom. The number of nitrogens with zero attached hydrogens (tertiary/aromatic N) is 3. The molecule has 2 fully saturated rings. The van der Waals surface area contributed by atoms with Gasteiger partial charge in [-0.3, -0.25) is 0 Å². The molecule has 1 aromatic heterocycles. The van der Waals surface area contributed by atoms with Gasteiger partial charge in [-0.05, 0) is 80.6 Å². The van der Waals surface area contributed by atoms with E-state index in [1.165, 1.54) is 25.7 Å². The van der Waals surface area contributed by atoms with Crippen LogP contribution >= 0.6 is 12.2 Å². The van der Waals surface area contributed by atoms with E-state index in [9.17, 15) is 0 Å². The Balaban J connectivity index is 1.10. The smallest absolute Gasteiger partial charge is 0.225 e. The van der Waals surface area contributed by atoms with Crippen molar-refractivity contribution in [3.05, 3.63) is 36.4 Å². The van der Waals surface area contributed by atoms with Gasteiger partial charge in [0.2, 0.25) is 5.95 Å². The van der Waals surface area contributed by atoms with Gasteiger partial charge in [-0.2, -0.15) is 4.98 Å². The summed E-state index contributed by atoms with van der Waals surface area (Å²) in [6.07, 6.45) is 11.9. The predicted molar refractivity (Wildman–Crippen MR) is 136 cm³/mol. The highest BCUT2D eigenvalue weighted by molar-refractivity contribution is 7.80. The maximum atomic E-state index is 5.58. The fourth-order valence-electron chi connectivity index (χ4n) is 5.56. The monoisotopic (exact) mass is 450 g/mol. The minimum absolute atomic E-state index is 0.424. The van der Waals surface area contributed by atoms with Crippen LogP contribution in [0.25, 0.3) is 10.9 Å². The Labute approximate surface area is 196 Å². The molecule has 6 nitrogen and oxygen atoms in total. The van der Waals surface area contributed by atoms with Gasteiger partial charge < -0.3 is 20.9 Å². The standard InChI is InChI=1S/C25H34N6S/c1-31(2)23-20-5-3-4-6-21(20)28-24(30-23)27-19-11-8-16(9-12-19)15-26-25(32)29-22-14-17-7-10-18(22)13-17/h3-7,10,16-19,22H,8-9,11-15H2,1-2H3,(H2,26,29,32)(H,27,28,30). The van der Waals surface area contributed by atoms with E-state index in [2.05, 4.69) is 45.1 Å². The van der Waals surface area contributed by atoms with Crippen LogP contribution in [0.3, 0.4) is 0 Å². The molecule has 0 spiro atoms. The van der Waals surface area contributed by atoms with Crippen LogP contribution in [0.1, 0.15) is 38.5 Å². The minimum atomic E-state index is 0.424. The van der Waals surface area contributed by atoms with Crippen molar-refractivity contribution in [2.24, 2.45) is 17.8 Å². The lowest BCUT2D eigenvalue weighted by Gasteiger charge is -2.30. The number of nitrogens with one attached hydrogen (secondary N) is 3. The lowest BCUT2D eigenvalue weighted by atomic mass is 9.86. The molecule has 32 heavy (non-hydrogen) atoms. The topological polar surface area (TPSA) is 65.1 Å². The first-order chi connectivity index (χ1) is 15.5. The molecule has 7 heteroatoms. The van der Waals surface area contributed by atoms with E-state index in [0.29, 0.717) is 23.9 Å². The fraction of sp³-hybridized carbons (Fsp3) is 0.560. The highest BCUT2D eigenvalue weighted by Gasteiger charge is 2.35. The summed E-state index contributed by atoms with van der Waals surface area (Å²) in [4.78, 5) is 11.6. The Bertz CT molecular complexity index is 997. The first kappa shape index (κ1) is 21.4. The molecule has 3 N–H and O–H groups in total. The zero-order valence-electron chi connectivity index (χ0n) is 19.1. The molecule has 170 valence electrons. The summed E-state index contributed by atoms with van der Waals surface area (Å²) < 4.78 is 0. The fourth-order valence-corrected chi connectivity index (χ4v) is 5.80. The number of benzene rings is 1. The zero-order chi connectivity index (χ0) is 22.1. The summed E-state index contributed by atoms with van der Waals surface area (Å²) in [5.74, 6) is 3.81. The summed E-state index contributed by atoms with van der Waals surface area (Å²) in [7, 11) is 4.06. The van der Waals surface area contributed by atoms with Gasteiger partial charge in [-0.1, -0.05) is 24.3 Å². The van der Waals surface area contributed by atoms with Crippen LogP contribution in [0.15, 0.2) is 36.4 Å². The van der Waals surface area contributed by atoms with Crippen molar-refractivity contribution < 1.29 is 0 Å². The number of allylic oxidation sites excluding steroid dienone is 1. The molecule has 0 radical (unpaired) electrons. The van der Waals surface area contributed by atoms with E-state index >= 15 is 0 Å². The second-order valence-electron chi connectivity index (χ2n) is 9.89. The van der Waals surface area contributed by atoms with Crippen LogP contribution in [0, 0.1) is 17.8 Å². The van der Waals surface area contributed by atoms with Gasteiger partial charge in [0, 0.05) is 38.1 Å². The normalized spacial score (nSPS) is 28.6. The van der Waals surface area contributed by atoms with Gasteiger partial charge in [0.1, 0.15) is 5.82 Å². The lowest BCUT2D eigenvalue weighted by molar-refractivity contribution is 0.335. The average molecular weight is 451 g/mol. The molecule has 2 aromatic rings. The number of anilines is 2. The first-order valence-electron chi connectivity index (χ1n) is 12.0. The van der Waals surface area contributed by atoms with Gasteiger partial charge in [0.05, 0.1) is 5.52 Å². The summed E-state index contributed by atoms with van der Waals surface area (Å²) >= 11 is 5.58. The van der Waals surface area contributed by atoms with Crippen molar-refractivity contribution in [3.63, 3.8) is 0 Å². The Morgan fingerprint density at radius 2 is 1.88 bits per heavy atom. The van der Waals surface area contributed by atoms with Crippen LogP contribution in [0.2, 0.25) is 0 Å². The molecule has 0 aliphatic heterocycles. The summed E-state index contributed by atoms with van der Waals surface area (Å²) in [5.41, 5.74) is 0.985. The van der Waals surface area contributed by atoms with Crippen molar-refractivity contribution in [2.75, 3.05) is 30.9 Å². The number of hydrogen-bond acceptors (Lipinski definition) is 5. The van der Waals surface area contributed by atoms with E-state index in [0.717, 1.165) is 53.1 Å². The van der Waals surface area contributed by atoms with Gasteiger partial charge in [0.15, 0.2) is 5.11 Å². The Kier molecular flexibility index (Phi) is 6.17. The number of para-hydroxylation sites is 1. The van der Waals surface area contributed by atoms with Gasteiger partial charge >= 0.3 is 0 Å². The third-order valence-corrected chi connectivity index (χ3v) is 7.60. The van der Waals surface area contributed by atoms with Gasteiger partial charge in [0.25, 0.3) is 0 Å². The number of hydrogen-bond donors (Lipinski definition) is 3. The highest BCUT2D eigenvalue weighted by atomic mass is 32.1. The Hall–Kier alpha value is -2.41. The molecule has 1 heterocycles. The number of thiocarbonyl (C=S) groups is 1. The SMILES string of the molecule is CN(C)c1nc(NC2CCC(CNC(=S)NC3CC4C=CC3C4)CC2)nc2ccccc12. The van der Waals surface area contributed by atoms with Crippen LogP contribution in [-0.2, 0) is 0 Å². The van der Waals surface area contributed by atoms with Gasteiger partial charge in [-0.15, -0.1) is 0 Å². The predicted octanol–water partition coefficient (Wildman–Crippen LogP) is 4.10. The molecule has 2 saturated carbocycles. The van der Waals surface area contributed by atoms with Crippen LogP contribution in [0.4, 0.5) is 11.8 Å². The second-order valence-corrected chi connectivity index (χ2v) is 10.3. The second kappa shape index (κ2) is 9.22. The van der Waals surface area contributed by atoms with Crippen molar-refractivity contribution in [2.45, 2.75) is 50.6 Å². The maximum absolute atomic E-state index is 5.58. The molecule has 5 rings (SSSR count). The van der Waals surface area contributed by atoms with Crippen molar-refractivity contribution in [1.82, 2.24) is 20.6 Å². The number of aromatic nitrogens is 2. The molecule has 3 unspecified atom stereocenters. The van der Waals surface area contributed by atoms with Crippen LogP contribution in [0.5, 0.6) is 0 Å². The zero-order valence-corrected chi connectivity index (χ0v) is 19.9. The lowest BCUT2D eigenvalue weighted by Crippen LogP contribution is -2.45. The van der Waals surface area contributed by atoms with E-state index in [-0.39, 0.29) is 0 Å². The Morgan fingerprint density at radius 3 is 2.59 bits per heavy atom. The van der Waals surface area contributed by atoms with E-state index in [1.54, 1.807) is 0 Å². The van der Waals surface area contributed by atoms with E-state index in [1.807, 2.05) is 26.2 Å². The minimum Gasteiger partial charge on any atom is -0.362 e. The molecule has 2 bridgehead atoms. The first-order valence-corrected chi connectivity index (χ1v) is 12.4. The highest BCUT2D eigenvalue weighted by Crippen LogP contribution is 2.39. The molecule has 0 amide bonds. The molecule has 3 aliphatic rings. The van der Waals surface area contributed by atoms with E-state index < -0.39 is 0 Å². The third kappa shape index (κ3) is 4.68. The summed E-state index contributed by atoms with van der Waals surface area (Å²) in [6.45, 7) is 0.965. The van der Waals surface area contributed by atoms with Crippen molar-refractivity contribution in [1.29, 1.82) is 0 Å². The van der Waals surface area contributed by atoms with Crippen LogP contribution in [-0.4, -0.2) is 47.8 Å². The molecule has 3 atom stereocenters. The summed E-state index contributed by atoms with van der Waals surface area (Å²) in [5, 5.41) is 12.6. The summed E-state index contributed by atoms with van der Waals surface area (Å²) in [6, 6.07) is 9.16. The number of fused-ring (bicyclic) bond motifs is 3. The van der Waals surface area contributed by atoms with Crippen molar-refractivity contribution in [3.8, 4) is 0 Å². The quantitative estimate of drug-likeness (QED) is 0.452. The van der Waals surface area contributed by atoms with E-state index in [4.69, 9.17) is 22.2 Å². The van der Waals surface area contributed by atoms with Crippen LogP contribution < -0.4 is 20.9 Å². The molecular formula is C25H34N6S. The largest absolute Gasteiger partial charge is 0.362 e. The maximum Gasteiger partial charge on any atom is 0.225 e.